The largest absolute Gasteiger partial charge is 0.459 e. The second-order valence-corrected chi connectivity index (χ2v) is 6.58. The summed E-state index contributed by atoms with van der Waals surface area (Å²) in [4.78, 5) is 27.1. The summed E-state index contributed by atoms with van der Waals surface area (Å²) in [6, 6.07) is 20.1. The summed E-state index contributed by atoms with van der Waals surface area (Å²) in [6.45, 7) is 0.441. The number of anilines is 1. The molecule has 0 unspecified atom stereocenters. The SMILES string of the molecule is CN(C)[C@@H](CNC(=O)c1ccccc1NC(=O)c1ccco1)c1ccccc1. The topological polar surface area (TPSA) is 74.6 Å². The lowest BCUT2D eigenvalue weighted by atomic mass is 10.1. The summed E-state index contributed by atoms with van der Waals surface area (Å²) in [5.41, 5.74) is 1.95. The molecule has 1 heterocycles. The number of rotatable bonds is 7. The number of hydrogen-bond donors (Lipinski definition) is 2. The maximum Gasteiger partial charge on any atom is 0.291 e. The number of hydrogen-bond acceptors (Lipinski definition) is 4. The van der Waals surface area contributed by atoms with Crippen molar-refractivity contribution in [2.24, 2.45) is 0 Å². The van der Waals surface area contributed by atoms with Crippen LogP contribution in [0, 0.1) is 0 Å². The highest BCUT2D eigenvalue weighted by molar-refractivity contribution is 6.07. The van der Waals surface area contributed by atoms with Crippen LogP contribution < -0.4 is 10.6 Å². The summed E-state index contributed by atoms with van der Waals surface area (Å²) in [5.74, 6) is -0.467. The third-order valence-corrected chi connectivity index (χ3v) is 4.43. The standard InChI is InChI=1S/C22H23N3O3/c1-25(2)19(16-9-4-3-5-10-16)15-23-21(26)17-11-6-7-12-18(17)24-22(27)20-13-8-14-28-20/h3-14,19H,15H2,1-2H3,(H,23,26)(H,24,27)/t19-/m0/s1. The predicted molar refractivity (Wildman–Crippen MR) is 108 cm³/mol. The fourth-order valence-electron chi connectivity index (χ4n) is 2.94. The molecule has 1 aromatic heterocycles. The zero-order chi connectivity index (χ0) is 19.9. The van der Waals surface area contributed by atoms with E-state index in [-0.39, 0.29) is 17.7 Å². The van der Waals surface area contributed by atoms with Gasteiger partial charge >= 0.3 is 0 Å². The van der Waals surface area contributed by atoms with Gasteiger partial charge in [0.15, 0.2) is 5.76 Å². The fourth-order valence-corrected chi connectivity index (χ4v) is 2.94. The van der Waals surface area contributed by atoms with Gasteiger partial charge in [0, 0.05) is 6.54 Å². The first kappa shape index (κ1) is 19.4. The molecule has 0 bridgehead atoms. The van der Waals surface area contributed by atoms with E-state index in [0.717, 1.165) is 5.56 Å². The van der Waals surface area contributed by atoms with Crippen molar-refractivity contribution in [1.82, 2.24) is 10.2 Å². The highest BCUT2D eigenvalue weighted by Crippen LogP contribution is 2.19. The summed E-state index contributed by atoms with van der Waals surface area (Å²) in [6.07, 6.45) is 1.43. The molecule has 2 aromatic carbocycles. The van der Waals surface area contributed by atoms with Gasteiger partial charge in [-0.15, -0.1) is 0 Å². The zero-order valence-corrected chi connectivity index (χ0v) is 15.9. The first-order valence-corrected chi connectivity index (χ1v) is 8.99. The molecular weight excluding hydrogens is 354 g/mol. The average Bonchev–Trinajstić information content (AvgIpc) is 3.24. The summed E-state index contributed by atoms with van der Waals surface area (Å²) in [7, 11) is 3.95. The van der Waals surface area contributed by atoms with E-state index in [2.05, 4.69) is 15.5 Å². The molecular formula is C22H23N3O3. The van der Waals surface area contributed by atoms with Crippen molar-refractivity contribution in [3.05, 3.63) is 89.9 Å². The molecule has 0 aliphatic heterocycles. The minimum atomic E-state index is -0.402. The number of amides is 2. The Morgan fingerprint density at radius 1 is 0.929 bits per heavy atom. The summed E-state index contributed by atoms with van der Waals surface area (Å²) < 4.78 is 5.10. The molecule has 1 atom stereocenters. The average molecular weight is 377 g/mol. The molecule has 0 saturated carbocycles. The number of para-hydroxylation sites is 1. The molecule has 3 aromatic rings. The highest BCUT2D eigenvalue weighted by Gasteiger charge is 2.18. The quantitative estimate of drug-likeness (QED) is 0.660. The van der Waals surface area contributed by atoms with Crippen LogP contribution in [0.15, 0.2) is 77.4 Å². The molecule has 0 aliphatic rings. The Balaban J connectivity index is 1.71. The van der Waals surface area contributed by atoms with Gasteiger partial charge < -0.3 is 20.0 Å². The van der Waals surface area contributed by atoms with Gasteiger partial charge in [-0.05, 0) is 43.9 Å². The molecule has 0 radical (unpaired) electrons. The van der Waals surface area contributed by atoms with Crippen molar-refractivity contribution in [3.63, 3.8) is 0 Å². The lowest BCUT2D eigenvalue weighted by molar-refractivity contribution is 0.0943. The van der Waals surface area contributed by atoms with Crippen molar-refractivity contribution >= 4 is 17.5 Å². The molecule has 6 nitrogen and oxygen atoms in total. The minimum Gasteiger partial charge on any atom is -0.459 e. The van der Waals surface area contributed by atoms with Crippen molar-refractivity contribution in [3.8, 4) is 0 Å². The van der Waals surface area contributed by atoms with Crippen LogP contribution in [-0.2, 0) is 0 Å². The monoisotopic (exact) mass is 377 g/mol. The van der Waals surface area contributed by atoms with Crippen LogP contribution in [-0.4, -0.2) is 37.4 Å². The van der Waals surface area contributed by atoms with Crippen molar-refractivity contribution in [1.29, 1.82) is 0 Å². The van der Waals surface area contributed by atoms with Crippen LogP contribution in [0.25, 0.3) is 0 Å². The Morgan fingerprint density at radius 3 is 2.32 bits per heavy atom. The maximum atomic E-state index is 12.8. The molecule has 0 fully saturated rings. The van der Waals surface area contributed by atoms with Crippen molar-refractivity contribution in [2.45, 2.75) is 6.04 Å². The van der Waals surface area contributed by atoms with Gasteiger partial charge in [0.1, 0.15) is 0 Å². The van der Waals surface area contributed by atoms with Crippen LogP contribution in [0.4, 0.5) is 5.69 Å². The van der Waals surface area contributed by atoms with Gasteiger partial charge in [0.25, 0.3) is 11.8 Å². The van der Waals surface area contributed by atoms with Crippen LogP contribution in [0.5, 0.6) is 0 Å². The lowest BCUT2D eigenvalue weighted by Gasteiger charge is -2.25. The van der Waals surface area contributed by atoms with E-state index in [0.29, 0.717) is 17.8 Å². The molecule has 2 amide bonds. The Bertz CT molecular complexity index is 921. The van der Waals surface area contributed by atoms with Gasteiger partial charge in [-0.1, -0.05) is 42.5 Å². The number of nitrogens with zero attached hydrogens (tertiary/aromatic N) is 1. The summed E-state index contributed by atoms with van der Waals surface area (Å²) in [5, 5.41) is 5.70. The van der Waals surface area contributed by atoms with E-state index in [9.17, 15) is 9.59 Å². The van der Waals surface area contributed by atoms with E-state index in [1.807, 2.05) is 44.4 Å². The molecule has 6 heteroatoms. The molecule has 144 valence electrons. The number of furan rings is 1. The predicted octanol–water partition coefficient (Wildman–Crippen LogP) is 3.56. The van der Waals surface area contributed by atoms with Gasteiger partial charge in [-0.25, -0.2) is 0 Å². The third-order valence-electron chi connectivity index (χ3n) is 4.43. The lowest BCUT2D eigenvalue weighted by Crippen LogP contribution is -2.35. The molecule has 0 saturated heterocycles. The van der Waals surface area contributed by atoms with Crippen LogP contribution in [0.3, 0.4) is 0 Å². The molecule has 0 aliphatic carbocycles. The number of nitrogens with one attached hydrogen (secondary N) is 2. The van der Waals surface area contributed by atoms with Gasteiger partial charge in [0.05, 0.1) is 23.6 Å². The fraction of sp³-hybridized carbons (Fsp3) is 0.182. The maximum absolute atomic E-state index is 12.8. The van der Waals surface area contributed by atoms with E-state index >= 15 is 0 Å². The smallest absolute Gasteiger partial charge is 0.291 e. The zero-order valence-electron chi connectivity index (χ0n) is 15.9. The first-order chi connectivity index (χ1) is 13.6. The van der Waals surface area contributed by atoms with Gasteiger partial charge in [-0.2, -0.15) is 0 Å². The Kier molecular flexibility index (Phi) is 6.24. The minimum absolute atomic E-state index is 0.0371. The van der Waals surface area contributed by atoms with E-state index in [4.69, 9.17) is 4.42 Å². The molecule has 3 rings (SSSR count). The van der Waals surface area contributed by atoms with Crippen molar-refractivity contribution in [2.75, 3.05) is 26.0 Å². The number of likely N-dealkylation sites (N-methyl/N-ethyl adjacent to an activating group) is 1. The van der Waals surface area contributed by atoms with Crippen molar-refractivity contribution < 1.29 is 14.0 Å². The normalized spacial score (nSPS) is 11.8. The molecule has 28 heavy (non-hydrogen) atoms. The second kappa shape index (κ2) is 9.01. The number of carbonyl (C=O) groups is 2. The van der Waals surface area contributed by atoms with E-state index < -0.39 is 5.91 Å². The first-order valence-electron chi connectivity index (χ1n) is 8.99. The van der Waals surface area contributed by atoms with E-state index in [1.54, 1.807) is 36.4 Å². The van der Waals surface area contributed by atoms with Crippen LogP contribution >= 0.6 is 0 Å². The van der Waals surface area contributed by atoms with Gasteiger partial charge in [-0.3, -0.25) is 9.59 Å². The van der Waals surface area contributed by atoms with Crippen LogP contribution in [0.1, 0.15) is 32.5 Å². The molecule has 2 N–H and O–H groups in total. The second-order valence-electron chi connectivity index (χ2n) is 6.58. The Morgan fingerprint density at radius 2 is 1.64 bits per heavy atom. The van der Waals surface area contributed by atoms with E-state index in [1.165, 1.54) is 6.26 Å². The Labute approximate surface area is 164 Å². The number of benzene rings is 2. The van der Waals surface area contributed by atoms with Gasteiger partial charge in [0.2, 0.25) is 0 Å². The summed E-state index contributed by atoms with van der Waals surface area (Å²) >= 11 is 0. The number of carbonyl (C=O) groups excluding carboxylic acids is 2. The highest BCUT2D eigenvalue weighted by atomic mass is 16.3. The molecule has 0 spiro atoms. The Hall–Kier alpha value is -3.38. The third kappa shape index (κ3) is 4.66. The van der Waals surface area contributed by atoms with Crippen LogP contribution in [0.2, 0.25) is 0 Å².